The Kier molecular flexibility index (Phi) is 4.65. The van der Waals surface area contributed by atoms with Crippen LogP contribution in [0.3, 0.4) is 0 Å². The lowest BCUT2D eigenvalue weighted by molar-refractivity contribution is 0.456. The van der Waals surface area contributed by atoms with Gasteiger partial charge in [-0.15, -0.1) is 0 Å². The van der Waals surface area contributed by atoms with Crippen molar-refractivity contribution in [1.82, 2.24) is 14.3 Å². The molecule has 1 saturated heterocycles. The van der Waals surface area contributed by atoms with Gasteiger partial charge in [-0.2, -0.15) is 4.31 Å². The maximum atomic E-state index is 12.8. The minimum Gasteiger partial charge on any atom is -0.383 e. The van der Waals surface area contributed by atoms with E-state index in [0.29, 0.717) is 23.5 Å². The van der Waals surface area contributed by atoms with E-state index in [2.05, 4.69) is 25.9 Å². The van der Waals surface area contributed by atoms with Crippen LogP contribution in [0.25, 0.3) is 0 Å². The Balaban J connectivity index is 1.76. The van der Waals surface area contributed by atoms with Crippen LogP contribution in [0.1, 0.15) is 12.0 Å². The average Bonchev–Trinajstić information content (AvgIpc) is 3.00. The summed E-state index contributed by atoms with van der Waals surface area (Å²) in [7, 11) is -3.61. The fraction of sp³-hybridized carbons (Fsp3) is 0.333. The van der Waals surface area contributed by atoms with E-state index in [-0.39, 0.29) is 10.7 Å². The predicted octanol–water partition coefficient (Wildman–Crippen LogP) is 2.07. The Labute approximate surface area is 143 Å². The highest BCUT2D eigenvalue weighted by Crippen LogP contribution is 2.29. The van der Waals surface area contributed by atoms with Gasteiger partial charge in [0.2, 0.25) is 10.0 Å². The summed E-state index contributed by atoms with van der Waals surface area (Å²) in [5, 5.41) is 0. The highest BCUT2D eigenvalue weighted by Gasteiger charge is 2.34. The van der Waals surface area contributed by atoms with Crippen molar-refractivity contribution in [2.24, 2.45) is 5.92 Å². The number of anilines is 1. The molecule has 3 heterocycles. The third-order valence-corrected chi connectivity index (χ3v) is 6.32. The topological polar surface area (TPSA) is 89.2 Å². The van der Waals surface area contributed by atoms with Crippen molar-refractivity contribution >= 4 is 31.8 Å². The molecule has 6 nitrogen and oxygen atoms in total. The number of hydrogen-bond acceptors (Lipinski definition) is 5. The average molecular weight is 397 g/mol. The fourth-order valence-electron chi connectivity index (χ4n) is 2.81. The van der Waals surface area contributed by atoms with E-state index in [0.717, 1.165) is 12.8 Å². The maximum absolute atomic E-state index is 12.8. The Morgan fingerprint density at radius 1 is 1.35 bits per heavy atom. The van der Waals surface area contributed by atoms with Gasteiger partial charge in [0.1, 0.15) is 10.7 Å². The largest absolute Gasteiger partial charge is 0.383 e. The number of hydrogen-bond donors (Lipinski definition) is 1. The van der Waals surface area contributed by atoms with E-state index in [4.69, 9.17) is 5.73 Å². The van der Waals surface area contributed by atoms with Crippen molar-refractivity contribution in [2.75, 3.05) is 18.8 Å². The minimum atomic E-state index is -3.61. The first kappa shape index (κ1) is 16.4. The third-order valence-electron chi connectivity index (χ3n) is 3.99. The Morgan fingerprint density at radius 2 is 2.09 bits per heavy atom. The molecule has 0 bridgehead atoms. The Bertz CT molecular complexity index is 798. The van der Waals surface area contributed by atoms with Gasteiger partial charge in [-0.05, 0) is 58.5 Å². The summed E-state index contributed by atoms with van der Waals surface area (Å²) in [5.41, 5.74) is 6.93. The highest BCUT2D eigenvalue weighted by atomic mass is 79.9. The molecule has 8 heteroatoms. The molecule has 0 saturated carbocycles. The second-order valence-corrected chi connectivity index (χ2v) is 8.44. The summed E-state index contributed by atoms with van der Waals surface area (Å²) in [6, 6.07) is 5.44. The van der Waals surface area contributed by atoms with Crippen LogP contribution >= 0.6 is 15.9 Å². The first-order valence-electron chi connectivity index (χ1n) is 7.27. The van der Waals surface area contributed by atoms with E-state index in [9.17, 15) is 8.42 Å². The van der Waals surface area contributed by atoms with Gasteiger partial charge in [-0.1, -0.05) is 0 Å². The number of nitrogen functional groups attached to an aromatic ring is 1. The van der Waals surface area contributed by atoms with E-state index in [1.165, 1.54) is 22.1 Å². The first-order chi connectivity index (χ1) is 11.0. The van der Waals surface area contributed by atoms with Gasteiger partial charge < -0.3 is 5.73 Å². The molecule has 122 valence electrons. The van der Waals surface area contributed by atoms with Crippen molar-refractivity contribution in [3.63, 3.8) is 0 Å². The molecule has 0 spiro atoms. The van der Waals surface area contributed by atoms with Crippen molar-refractivity contribution in [3.05, 3.63) is 46.8 Å². The lowest BCUT2D eigenvalue weighted by Crippen LogP contribution is -2.30. The summed E-state index contributed by atoms with van der Waals surface area (Å²) >= 11 is 3.25. The zero-order valence-electron chi connectivity index (χ0n) is 12.4. The van der Waals surface area contributed by atoms with Crippen molar-refractivity contribution in [2.45, 2.75) is 17.7 Å². The lowest BCUT2D eigenvalue weighted by atomic mass is 10.00. The first-order valence-corrected chi connectivity index (χ1v) is 9.50. The normalized spacial score (nSPS) is 19.1. The molecule has 0 radical (unpaired) electrons. The molecule has 1 unspecified atom stereocenters. The molecule has 23 heavy (non-hydrogen) atoms. The molecule has 0 aliphatic carbocycles. The lowest BCUT2D eigenvalue weighted by Gasteiger charge is -2.17. The van der Waals surface area contributed by atoms with Crippen LogP contribution in [0.2, 0.25) is 0 Å². The second kappa shape index (κ2) is 6.54. The quantitative estimate of drug-likeness (QED) is 0.853. The molecule has 1 atom stereocenters. The zero-order chi connectivity index (χ0) is 16.4. The summed E-state index contributed by atoms with van der Waals surface area (Å²) in [6.07, 6.45) is 6.69. The number of sulfonamides is 1. The standard InChI is InChI=1S/C15H17BrN4O2S/c16-13-8-14(15(17)19-9-13)23(21,22)20-6-3-12(10-20)7-11-1-4-18-5-2-11/h1-2,4-5,8-9,12H,3,6-7,10H2,(H2,17,19). The number of rotatable bonds is 4. The number of pyridine rings is 2. The zero-order valence-corrected chi connectivity index (χ0v) is 14.8. The second-order valence-electron chi connectivity index (χ2n) is 5.61. The number of halogens is 1. The van der Waals surface area contributed by atoms with Gasteiger partial charge in [-0.3, -0.25) is 4.98 Å². The number of nitrogens with zero attached hydrogens (tertiary/aromatic N) is 3. The van der Waals surface area contributed by atoms with Crippen LogP contribution in [-0.4, -0.2) is 35.8 Å². The van der Waals surface area contributed by atoms with Gasteiger partial charge in [0.15, 0.2) is 0 Å². The summed E-state index contributed by atoms with van der Waals surface area (Å²) in [6.45, 7) is 1.00. The minimum absolute atomic E-state index is 0.0331. The van der Waals surface area contributed by atoms with Crippen LogP contribution in [0, 0.1) is 5.92 Å². The Morgan fingerprint density at radius 3 is 2.83 bits per heavy atom. The summed E-state index contributed by atoms with van der Waals surface area (Å²) in [5.74, 6) is 0.333. The van der Waals surface area contributed by atoms with Crippen LogP contribution < -0.4 is 5.73 Å². The van der Waals surface area contributed by atoms with E-state index in [1.807, 2.05) is 12.1 Å². The molecule has 0 amide bonds. The molecule has 1 fully saturated rings. The molecule has 0 aromatic carbocycles. The molecule has 1 aliphatic rings. The van der Waals surface area contributed by atoms with Gasteiger partial charge >= 0.3 is 0 Å². The van der Waals surface area contributed by atoms with Crippen LogP contribution in [0.4, 0.5) is 5.82 Å². The van der Waals surface area contributed by atoms with Crippen molar-refractivity contribution in [3.8, 4) is 0 Å². The van der Waals surface area contributed by atoms with Crippen LogP contribution in [0.15, 0.2) is 46.2 Å². The smallest absolute Gasteiger partial charge is 0.246 e. The Hall–Kier alpha value is -1.51. The molecular formula is C15H17BrN4O2S. The highest BCUT2D eigenvalue weighted by molar-refractivity contribution is 9.10. The van der Waals surface area contributed by atoms with Crippen molar-refractivity contribution in [1.29, 1.82) is 0 Å². The molecule has 2 aromatic heterocycles. The van der Waals surface area contributed by atoms with Gasteiger partial charge in [0, 0.05) is 36.2 Å². The summed E-state index contributed by atoms with van der Waals surface area (Å²) in [4.78, 5) is 7.99. The molecule has 1 aliphatic heterocycles. The fourth-order valence-corrected chi connectivity index (χ4v) is 4.92. The van der Waals surface area contributed by atoms with Crippen LogP contribution in [0.5, 0.6) is 0 Å². The van der Waals surface area contributed by atoms with Crippen LogP contribution in [-0.2, 0) is 16.4 Å². The molecule has 2 aromatic rings. The SMILES string of the molecule is Nc1ncc(Br)cc1S(=O)(=O)N1CCC(Cc2ccncc2)C1. The maximum Gasteiger partial charge on any atom is 0.246 e. The van der Waals surface area contributed by atoms with Gasteiger partial charge in [0.25, 0.3) is 0 Å². The number of aromatic nitrogens is 2. The van der Waals surface area contributed by atoms with Gasteiger partial charge in [0.05, 0.1) is 0 Å². The number of nitrogens with two attached hydrogens (primary N) is 1. The van der Waals surface area contributed by atoms with E-state index >= 15 is 0 Å². The molecule has 2 N–H and O–H groups in total. The van der Waals surface area contributed by atoms with E-state index < -0.39 is 10.0 Å². The van der Waals surface area contributed by atoms with Crippen molar-refractivity contribution < 1.29 is 8.42 Å². The van der Waals surface area contributed by atoms with E-state index in [1.54, 1.807) is 12.4 Å². The third kappa shape index (κ3) is 3.54. The monoisotopic (exact) mass is 396 g/mol. The molecular weight excluding hydrogens is 380 g/mol. The molecule has 3 rings (SSSR count). The summed E-state index contributed by atoms with van der Waals surface area (Å²) < 4.78 is 27.7. The van der Waals surface area contributed by atoms with Gasteiger partial charge in [-0.25, -0.2) is 13.4 Å². The predicted molar refractivity (Wildman–Crippen MR) is 91.2 cm³/mol.